The molecule has 1 N–H and O–H groups in total. The smallest absolute Gasteiger partial charge is 0.198 e. The van der Waals surface area contributed by atoms with Gasteiger partial charge in [0.05, 0.1) is 5.69 Å². The lowest BCUT2D eigenvalue weighted by Gasteiger charge is -1.97. The van der Waals surface area contributed by atoms with Gasteiger partial charge in [0.25, 0.3) is 0 Å². The Labute approximate surface area is 112 Å². The lowest BCUT2D eigenvalue weighted by molar-refractivity contribution is 0.506. The number of benzene rings is 1. The summed E-state index contributed by atoms with van der Waals surface area (Å²) < 4.78 is 5.46. The van der Waals surface area contributed by atoms with Crippen LogP contribution in [0.15, 0.2) is 34.9 Å². The van der Waals surface area contributed by atoms with Crippen molar-refractivity contribution in [1.29, 1.82) is 0 Å². The van der Waals surface area contributed by atoms with Crippen LogP contribution in [0.1, 0.15) is 23.6 Å². The van der Waals surface area contributed by atoms with Crippen molar-refractivity contribution in [1.82, 2.24) is 10.3 Å². The van der Waals surface area contributed by atoms with Gasteiger partial charge in [0.1, 0.15) is 6.26 Å². The highest BCUT2D eigenvalue weighted by Crippen LogP contribution is 2.14. The second-order valence-corrected chi connectivity index (χ2v) is 4.68. The van der Waals surface area contributed by atoms with Crippen LogP contribution >= 0.6 is 11.6 Å². The predicted molar refractivity (Wildman–Crippen MR) is 73.0 cm³/mol. The average Bonchev–Trinajstić information content (AvgIpc) is 2.80. The van der Waals surface area contributed by atoms with E-state index < -0.39 is 0 Å². The molecule has 0 amide bonds. The molecule has 1 aromatic carbocycles. The van der Waals surface area contributed by atoms with Gasteiger partial charge >= 0.3 is 0 Å². The van der Waals surface area contributed by atoms with Gasteiger partial charge in [-0.05, 0) is 44.1 Å². The normalized spacial score (nSPS) is 10.8. The van der Waals surface area contributed by atoms with Crippen LogP contribution in [-0.4, -0.2) is 18.6 Å². The Morgan fingerprint density at radius 2 is 2.06 bits per heavy atom. The van der Waals surface area contributed by atoms with E-state index in [1.54, 1.807) is 6.26 Å². The number of hydrogen-bond acceptors (Lipinski definition) is 3. The predicted octanol–water partition coefficient (Wildman–Crippen LogP) is 3.07. The van der Waals surface area contributed by atoms with Crippen LogP contribution in [-0.2, 0) is 12.8 Å². The first-order chi connectivity index (χ1) is 8.78. The van der Waals surface area contributed by atoms with Crippen molar-refractivity contribution in [2.75, 3.05) is 13.6 Å². The third-order valence-electron chi connectivity index (χ3n) is 2.73. The minimum absolute atomic E-state index is 0.712. The Kier molecular flexibility index (Phi) is 4.79. The van der Waals surface area contributed by atoms with Crippen molar-refractivity contribution in [3.63, 3.8) is 0 Å². The second-order valence-electron chi connectivity index (χ2n) is 4.24. The van der Waals surface area contributed by atoms with Crippen LogP contribution < -0.4 is 5.32 Å². The molecule has 0 bridgehead atoms. The zero-order valence-corrected chi connectivity index (χ0v) is 11.2. The molecule has 1 heterocycles. The van der Waals surface area contributed by atoms with Gasteiger partial charge in [0.15, 0.2) is 5.89 Å². The van der Waals surface area contributed by atoms with Gasteiger partial charge in [-0.25, -0.2) is 4.98 Å². The topological polar surface area (TPSA) is 38.1 Å². The summed E-state index contributed by atoms with van der Waals surface area (Å²) in [5, 5.41) is 3.87. The summed E-state index contributed by atoms with van der Waals surface area (Å²) in [7, 11) is 1.95. The zero-order valence-electron chi connectivity index (χ0n) is 10.4. The molecule has 0 saturated carbocycles. The first-order valence-electron chi connectivity index (χ1n) is 6.10. The van der Waals surface area contributed by atoms with Gasteiger partial charge in [-0.3, -0.25) is 0 Å². The maximum atomic E-state index is 5.84. The summed E-state index contributed by atoms with van der Waals surface area (Å²) >= 11 is 5.84. The van der Waals surface area contributed by atoms with Crippen molar-refractivity contribution < 1.29 is 4.42 Å². The molecule has 2 rings (SSSR count). The molecule has 0 atom stereocenters. The average molecular weight is 265 g/mol. The minimum Gasteiger partial charge on any atom is -0.448 e. The quantitative estimate of drug-likeness (QED) is 0.815. The van der Waals surface area contributed by atoms with Gasteiger partial charge in [-0.15, -0.1) is 0 Å². The first-order valence-corrected chi connectivity index (χ1v) is 6.48. The number of nitrogens with zero attached hydrogens (tertiary/aromatic N) is 1. The van der Waals surface area contributed by atoms with Crippen molar-refractivity contribution in [3.8, 4) is 0 Å². The molecular weight excluding hydrogens is 248 g/mol. The number of oxazole rings is 1. The number of halogens is 1. The van der Waals surface area contributed by atoms with Crippen LogP contribution in [0, 0.1) is 0 Å². The van der Waals surface area contributed by atoms with Gasteiger partial charge in [0.2, 0.25) is 0 Å². The molecule has 1 aromatic heterocycles. The van der Waals surface area contributed by atoms with Crippen LogP contribution in [0.3, 0.4) is 0 Å². The summed E-state index contributed by atoms with van der Waals surface area (Å²) in [5.41, 5.74) is 2.18. The van der Waals surface area contributed by atoms with Gasteiger partial charge < -0.3 is 9.73 Å². The van der Waals surface area contributed by atoms with E-state index in [0.29, 0.717) is 6.42 Å². The number of nitrogens with one attached hydrogen (secondary N) is 1. The molecular formula is C14H17ClN2O. The molecule has 0 aliphatic carbocycles. The largest absolute Gasteiger partial charge is 0.448 e. The number of rotatable bonds is 6. The maximum absolute atomic E-state index is 5.84. The Morgan fingerprint density at radius 1 is 1.28 bits per heavy atom. The number of aryl methyl sites for hydroxylation is 1. The molecule has 0 aliphatic heterocycles. The summed E-state index contributed by atoms with van der Waals surface area (Å²) in [6.45, 7) is 0.999. The first kappa shape index (κ1) is 13.1. The summed E-state index contributed by atoms with van der Waals surface area (Å²) in [4.78, 5) is 4.47. The van der Waals surface area contributed by atoms with E-state index in [0.717, 1.165) is 41.6 Å². The molecule has 96 valence electrons. The molecule has 4 heteroatoms. The van der Waals surface area contributed by atoms with E-state index in [1.165, 1.54) is 0 Å². The fourth-order valence-electron chi connectivity index (χ4n) is 1.77. The Hall–Kier alpha value is -1.32. The van der Waals surface area contributed by atoms with E-state index in [-0.39, 0.29) is 0 Å². The number of hydrogen-bond donors (Lipinski definition) is 1. The van der Waals surface area contributed by atoms with Gasteiger partial charge in [0, 0.05) is 11.4 Å². The van der Waals surface area contributed by atoms with E-state index in [4.69, 9.17) is 16.0 Å². The lowest BCUT2D eigenvalue weighted by atomic mass is 10.1. The minimum atomic E-state index is 0.712. The van der Waals surface area contributed by atoms with Crippen molar-refractivity contribution in [2.24, 2.45) is 0 Å². The molecule has 0 spiro atoms. The molecule has 2 aromatic rings. The third kappa shape index (κ3) is 3.86. The zero-order chi connectivity index (χ0) is 12.8. The SMILES string of the molecule is CNCCCc1coc(Cc2ccc(Cl)cc2)n1. The van der Waals surface area contributed by atoms with Crippen LogP contribution in [0.2, 0.25) is 5.02 Å². The van der Waals surface area contributed by atoms with Crippen molar-refractivity contribution >= 4 is 11.6 Å². The molecule has 0 saturated heterocycles. The summed E-state index contributed by atoms with van der Waals surface area (Å²) in [5.74, 6) is 0.761. The monoisotopic (exact) mass is 264 g/mol. The fourth-order valence-corrected chi connectivity index (χ4v) is 1.89. The summed E-state index contributed by atoms with van der Waals surface area (Å²) in [6, 6.07) is 7.75. The molecule has 3 nitrogen and oxygen atoms in total. The molecule has 0 fully saturated rings. The maximum Gasteiger partial charge on any atom is 0.198 e. The van der Waals surface area contributed by atoms with Crippen LogP contribution in [0.25, 0.3) is 0 Å². The van der Waals surface area contributed by atoms with Gasteiger partial charge in [-0.2, -0.15) is 0 Å². The Bertz CT molecular complexity index is 479. The van der Waals surface area contributed by atoms with E-state index >= 15 is 0 Å². The third-order valence-corrected chi connectivity index (χ3v) is 2.98. The second kappa shape index (κ2) is 6.57. The van der Waals surface area contributed by atoms with E-state index in [9.17, 15) is 0 Å². The Balaban J connectivity index is 1.91. The highest BCUT2D eigenvalue weighted by atomic mass is 35.5. The lowest BCUT2D eigenvalue weighted by Crippen LogP contribution is -2.08. The van der Waals surface area contributed by atoms with Crippen molar-refractivity contribution in [2.45, 2.75) is 19.3 Å². The highest BCUT2D eigenvalue weighted by molar-refractivity contribution is 6.30. The molecule has 0 radical (unpaired) electrons. The van der Waals surface area contributed by atoms with Crippen LogP contribution in [0.4, 0.5) is 0 Å². The summed E-state index contributed by atoms with van der Waals surface area (Å²) in [6.07, 6.45) is 4.48. The fraction of sp³-hybridized carbons (Fsp3) is 0.357. The van der Waals surface area contributed by atoms with Gasteiger partial charge in [-0.1, -0.05) is 23.7 Å². The van der Waals surface area contributed by atoms with E-state index in [1.807, 2.05) is 31.3 Å². The van der Waals surface area contributed by atoms with Crippen molar-refractivity contribution in [3.05, 3.63) is 52.7 Å². The van der Waals surface area contributed by atoms with Crippen LogP contribution in [0.5, 0.6) is 0 Å². The Morgan fingerprint density at radius 3 is 2.78 bits per heavy atom. The number of aromatic nitrogens is 1. The highest BCUT2D eigenvalue weighted by Gasteiger charge is 2.05. The van der Waals surface area contributed by atoms with E-state index in [2.05, 4.69) is 10.3 Å². The molecule has 18 heavy (non-hydrogen) atoms. The molecule has 0 unspecified atom stereocenters. The standard InChI is InChI=1S/C14H17ClN2O/c1-16-8-2-3-13-10-18-14(17-13)9-11-4-6-12(15)7-5-11/h4-7,10,16H,2-3,8-9H2,1H3. The molecule has 0 aliphatic rings.